The highest BCUT2D eigenvalue weighted by Crippen LogP contribution is 2.05. The monoisotopic (exact) mass is 188 g/mol. The normalized spacial score (nSPS) is 12.5. The minimum Gasteiger partial charge on any atom is -0.468 e. The Bertz CT molecular complexity index is 206. The minimum absolute atomic E-state index is 0.00194. The number of nitrogens with zero attached hydrogens (tertiary/aromatic N) is 1. The number of hydrogen-bond acceptors (Lipinski definition) is 4. The fourth-order valence-electron chi connectivity index (χ4n) is 0.553. The summed E-state index contributed by atoms with van der Waals surface area (Å²) in [5.74, 6) is -0.444. The van der Waals surface area contributed by atoms with Gasteiger partial charge in [0.1, 0.15) is 12.1 Å². The fraction of sp³-hybridized carbons (Fsp3) is 0.750. The van der Waals surface area contributed by atoms with Gasteiger partial charge in [0, 0.05) is 0 Å². The number of aliphatic imine (C=N–C) groups is 1. The zero-order valence-electron chi connectivity index (χ0n) is 8.46. The van der Waals surface area contributed by atoms with Crippen molar-refractivity contribution in [3.63, 3.8) is 0 Å². The highest BCUT2D eigenvalue weighted by Gasteiger charge is 2.12. The lowest BCUT2D eigenvalue weighted by Gasteiger charge is -2.19. The van der Waals surface area contributed by atoms with Gasteiger partial charge in [0.15, 0.2) is 0 Å². The molecule has 0 aliphatic rings. The highest BCUT2D eigenvalue weighted by molar-refractivity contribution is 5.77. The highest BCUT2D eigenvalue weighted by atomic mass is 16.5. The number of rotatable bonds is 2. The van der Waals surface area contributed by atoms with Crippen LogP contribution in [0.5, 0.6) is 0 Å². The molecule has 0 rings (SSSR count). The predicted octanol–water partition coefficient (Wildman–Crippen LogP) is 0.289. The first kappa shape index (κ1) is 11.7. The van der Waals surface area contributed by atoms with Gasteiger partial charge in [-0.1, -0.05) is 0 Å². The number of hydrogen-bond donors (Lipinski definition) is 1. The Hall–Kier alpha value is -1.26. The lowest BCUT2D eigenvalue weighted by atomic mass is 10.2. The van der Waals surface area contributed by atoms with Gasteiger partial charge in [0.2, 0.25) is 0 Å². The molecule has 13 heavy (non-hydrogen) atoms. The zero-order chi connectivity index (χ0) is 10.5. The van der Waals surface area contributed by atoms with Crippen LogP contribution < -0.4 is 5.73 Å². The third-order valence-electron chi connectivity index (χ3n) is 1.00. The summed E-state index contributed by atoms with van der Waals surface area (Å²) in [5.41, 5.74) is 4.98. The lowest BCUT2D eigenvalue weighted by Crippen LogP contribution is -2.29. The standard InChI is InChI=1S/C8H16N2O3/c1-8(2,3)13-7(9)10-5-6(11)12-4/h5H2,1-4H3,(H2,9,10). The second-order valence-corrected chi connectivity index (χ2v) is 3.45. The first-order valence-corrected chi connectivity index (χ1v) is 3.91. The van der Waals surface area contributed by atoms with Crippen molar-refractivity contribution in [2.45, 2.75) is 26.4 Å². The molecule has 0 saturated carbocycles. The van der Waals surface area contributed by atoms with Gasteiger partial charge in [0.05, 0.1) is 7.11 Å². The average molecular weight is 188 g/mol. The quantitative estimate of drug-likeness (QED) is 0.384. The van der Waals surface area contributed by atoms with Crippen LogP contribution in [0.4, 0.5) is 0 Å². The molecule has 0 atom stereocenters. The van der Waals surface area contributed by atoms with Crippen LogP contribution in [0.25, 0.3) is 0 Å². The van der Waals surface area contributed by atoms with Crippen LogP contribution in [-0.4, -0.2) is 31.2 Å². The van der Waals surface area contributed by atoms with Crippen LogP contribution in [0, 0.1) is 0 Å². The van der Waals surface area contributed by atoms with Crippen molar-refractivity contribution in [2.75, 3.05) is 13.7 Å². The molecule has 0 spiro atoms. The van der Waals surface area contributed by atoms with Crippen LogP contribution in [-0.2, 0) is 14.3 Å². The van der Waals surface area contributed by atoms with E-state index in [0.29, 0.717) is 0 Å². The van der Waals surface area contributed by atoms with Gasteiger partial charge in [-0.05, 0) is 20.8 Å². The summed E-state index contributed by atoms with van der Waals surface area (Å²) in [6.45, 7) is 5.41. The maximum Gasteiger partial charge on any atom is 0.327 e. The molecule has 5 heteroatoms. The Kier molecular flexibility index (Phi) is 4.23. The third kappa shape index (κ3) is 7.11. The van der Waals surface area contributed by atoms with E-state index in [1.807, 2.05) is 20.8 Å². The van der Waals surface area contributed by atoms with E-state index >= 15 is 0 Å². The Morgan fingerprint density at radius 3 is 2.38 bits per heavy atom. The molecule has 2 N–H and O–H groups in total. The summed E-state index contributed by atoms with van der Waals surface area (Å²) >= 11 is 0. The summed E-state index contributed by atoms with van der Waals surface area (Å²) in [7, 11) is 1.29. The lowest BCUT2D eigenvalue weighted by molar-refractivity contribution is -0.138. The number of esters is 1. The minimum atomic E-state index is -0.444. The van der Waals surface area contributed by atoms with Crippen molar-refractivity contribution >= 4 is 12.0 Å². The Morgan fingerprint density at radius 1 is 1.46 bits per heavy atom. The van der Waals surface area contributed by atoms with E-state index in [9.17, 15) is 4.79 Å². The molecule has 0 heterocycles. The molecule has 5 nitrogen and oxygen atoms in total. The van der Waals surface area contributed by atoms with E-state index in [2.05, 4.69) is 9.73 Å². The fourth-order valence-corrected chi connectivity index (χ4v) is 0.553. The molecule has 0 saturated heterocycles. The maximum atomic E-state index is 10.6. The molecular weight excluding hydrogens is 172 g/mol. The molecule has 0 bridgehead atoms. The van der Waals surface area contributed by atoms with E-state index in [1.165, 1.54) is 7.11 Å². The van der Waals surface area contributed by atoms with Crippen LogP contribution >= 0.6 is 0 Å². The largest absolute Gasteiger partial charge is 0.468 e. The van der Waals surface area contributed by atoms with Crippen LogP contribution in [0.2, 0.25) is 0 Å². The molecule has 0 aromatic carbocycles. The zero-order valence-corrected chi connectivity index (χ0v) is 8.46. The predicted molar refractivity (Wildman–Crippen MR) is 49.3 cm³/mol. The second-order valence-electron chi connectivity index (χ2n) is 3.45. The Balaban J connectivity index is 3.96. The van der Waals surface area contributed by atoms with Crippen molar-refractivity contribution in [3.05, 3.63) is 0 Å². The molecular formula is C8H16N2O3. The van der Waals surface area contributed by atoms with Crippen molar-refractivity contribution < 1.29 is 14.3 Å². The number of ether oxygens (including phenoxy) is 2. The summed E-state index contributed by atoms with van der Waals surface area (Å²) in [6.07, 6.45) is 0. The van der Waals surface area contributed by atoms with Gasteiger partial charge in [-0.15, -0.1) is 0 Å². The molecule has 0 radical (unpaired) electrons. The molecule has 0 aromatic heterocycles. The average Bonchev–Trinajstić information content (AvgIpc) is 1.97. The van der Waals surface area contributed by atoms with Crippen molar-refractivity contribution in [1.29, 1.82) is 0 Å². The van der Waals surface area contributed by atoms with Crippen LogP contribution in [0.1, 0.15) is 20.8 Å². The van der Waals surface area contributed by atoms with Gasteiger partial charge >= 0.3 is 5.97 Å². The first-order valence-electron chi connectivity index (χ1n) is 3.91. The summed E-state index contributed by atoms with van der Waals surface area (Å²) in [5, 5.41) is 0. The second kappa shape index (κ2) is 4.69. The molecule has 0 unspecified atom stereocenters. The molecule has 0 aliphatic carbocycles. The van der Waals surface area contributed by atoms with Gasteiger partial charge in [-0.2, -0.15) is 0 Å². The number of methoxy groups -OCH3 is 1. The van der Waals surface area contributed by atoms with Gasteiger partial charge in [-0.25, -0.2) is 4.99 Å². The molecule has 76 valence electrons. The van der Waals surface area contributed by atoms with E-state index in [4.69, 9.17) is 10.5 Å². The summed E-state index contributed by atoms with van der Waals surface area (Å²) in [6, 6.07) is -0.00194. The van der Waals surface area contributed by atoms with Crippen LogP contribution in [0.3, 0.4) is 0 Å². The molecule has 0 aliphatic heterocycles. The van der Waals surface area contributed by atoms with E-state index in [1.54, 1.807) is 0 Å². The topological polar surface area (TPSA) is 73.9 Å². The number of carbonyl (C=O) groups is 1. The van der Waals surface area contributed by atoms with Crippen molar-refractivity contribution in [2.24, 2.45) is 10.7 Å². The Labute approximate surface area is 77.9 Å². The Morgan fingerprint density at radius 2 is 2.00 bits per heavy atom. The SMILES string of the molecule is COC(=O)CN=C(N)OC(C)(C)C. The number of amidine groups is 1. The molecule has 0 fully saturated rings. The summed E-state index contributed by atoms with van der Waals surface area (Å²) < 4.78 is 9.53. The summed E-state index contributed by atoms with van der Waals surface area (Å²) in [4.78, 5) is 14.3. The first-order chi connectivity index (χ1) is 5.85. The van der Waals surface area contributed by atoms with E-state index in [-0.39, 0.29) is 12.6 Å². The van der Waals surface area contributed by atoms with E-state index < -0.39 is 11.6 Å². The van der Waals surface area contributed by atoms with Crippen molar-refractivity contribution in [3.8, 4) is 0 Å². The van der Waals surface area contributed by atoms with Gasteiger partial charge in [0.25, 0.3) is 6.02 Å². The van der Waals surface area contributed by atoms with Crippen molar-refractivity contribution in [1.82, 2.24) is 0 Å². The molecule has 0 amide bonds. The van der Waals surface area contributed by atoms with Crippen LogP contribution in [0.15, 0.2) is 4.99 Å². The number of nitrogens with two attached hydrogens (primary N) is 1. The van der Waals surface area contributed by atoms with E-state index in [0.717, 1.165) is 0 Å². The third-order valence-corrected chi connectivity index (χ3v) is 1.00. The number of carbonyl (C=O) groups excluding carboxylic acids is 1. The maximum absolute atomic E-state index is 10.6. The van der Waals surface area contributed by atoms with Gasteiger partial charge in [-0.3, -0.25) is 4.79 Å². The smallest absolute Gasteiger partial charge is 0.327 e. The molecule has 0 aromatic rings. The van der Waals surface area contributed by atoms with Gasteiger partial charge < -0.3 is 15.2 Å².